The van der Waals surface area contributed by atoms with Crippen LogP contribution in [0.4, 0.5) is 5.69 Å². The number of nitrogens with zero attached hydrogens (tertiary/aromatic N) is 1. The SMILES string of the molecule is CC(C)(CCCO)CNC1CCN(c2ccccc2)CC1. The zero-order valence-electron chi connectivity index (χ0n) is 13.5. The van der Waals surface area contributed by atoms with Gasteiger partial charge in [0.2, 0.25) is 0 Å². The first-order chi connectivity index (χ1) is 10.1. The summed E-state index contributed by atoms with van der Waals surface area (Å²) in [5, 5.41) is 12.7. The predicted octanol–water partition coefficient (Wildman–Crippen LogP) is 3.04. The smallest absolute Gasteiger partial charge is 0.0431 e. The molecule has 3 nitrogen and oxygen atoms in total. The monoisotopic (exact) mass is 290 g/mol. The van der Waals surface area contributed by atoms with Crippen LogP contribution >= 0.6 is 0 Å². The maximum absolute atomic E-state index is 8.96. The van der Waals surface area contributed by atoms with Gasteiger partial charge in [-0.1, -0.05) is 32.0 Å². The first kappa shape index (κ1) is 16.3. The normalized spacial score (nSPS) is 17.2. The molecule has 1 aliphatic heterocycles. The lowest BCUT2D eigenvalue weighted by molar-refractivity contribution is 0.228. The van der Waals surface area contributed by atoms with Gasteiger partial charge in [0.1, 0.15) is 0 Å². The number of anilines is 1. The number of nitrogens with one attached hydrogen (secondary N) is 1. The molecule has 2 rings (SSSR count). The molecule has 118 valence electrons. The molecule has 1 aliphatic rings. The third-order valence-electron chi connectivity index (χ3n) is 4.50. The Morgan fingerprint density at radius 1 is 1.19 bits per heavy atom. The summed E-state index contributed by atoms with van der Waals surface area (Å²) >= 11 is 0. The van der Waals surface area contributed by atoms with Gasteiger partial charge in [-0.2, -0.15) is 0 Å². The van der Waals surface area contributed by atoms with Crippen LogP contribution in [0.1, 0.15) is 39.5 Å². The van der Waals surface area contributed by atoms with E-state index in [1.54, 1.807) is 0 Å². The molecule has 0 saturated carbocycles. The van der Waals surface area contributed by atoms with Gasteiger partial charge < -0.3 is 15.3 Å². The molecule has 0 aromatic heterocycles. The maximum atomic E-state index is 8.96. The molecule has 0 spiro atoms. The summed E-state index contributed by atoms with van der Waals surface area (Å²) in [6.07, 6.45) is 4.41. The van der Waals surface area contributed by atoms with Crippen LogP contribution < -0.4 is 10.2 Å². The van der Waals surface area contributed by atoms with Crippen molar-refractivity contribution in [3.8, 4) is 0 Å². The van der Waals surface area contributed by atoms with Crippen LogP contribution in [0, 0.1) is 5.41 Å². The minimum atomic E-state index is 0.277. The third-order valence-corrected chi connectivity index (χ3v) is 4.50. The highest BCUT2D eigenvalue weighted by Gasteiger charge is 2.22. The average molecular weight is 290 g/mol. The van der Waals surface area contributed by atoms with Crippen molar-refractivity contribution in [2.24, 2.45) is 5.41 Å². The second kappa shape index (κ2) is 7.81. The highest BCUT2D eigenvalue weighted by atomic mass is 16.2. The Labute approximate surface area is 129 Å². The molecule has 0 atom stereocenters. The summed E-state index contributed by atoms with van der Waals surface area (Å²) in [6, 6.07) is 11.3. The van der Waals surface area contributed by atoms with E-state index in [1.165, 1.54) is 18.5 Å². The van der Waals surface area contributed by atoms with Gasteiger partial charge in [-0.05, 0) is 43.2 Å². The van der Waals surface area contributed by atoms with Gasteiger partial charge in [-0.3, -0.25) is 0 Å². The number of aliphatic hydroxyl groups excluding tert-OH is 1. The van der Waals surface area contributed by atoms with Crippen molar-refractivity contribution in [1.82, 2.24) is 5.32 Å². The van der Waals surface area contributed by atoms with E-state index in [2.05, 4.69) is 54.4 Å². The van der Waals surface area contributed by atoms with Gasteiger partial charge in [-0.25, -0.2) is 0 Å². The van der Waals surface area contributed by atoms with Crippen LogP contribution in [0.15, 0.2) is 30.3 Å². The Bertz CT molecular complexity index is 397. The number of rotatable bonds is 7. The van der Waals surface area contributed by atoms with Crippen LogP contribution in [0.3, 0.4) is 0 Å². The molecule has 0 unspecified atom stereocenters. The zero-order chi connectivity index (χ0) is 15.1. The van der Waals surface area contributed by atoms with Gasteiger partial charge >= 0.3 is 0 Å². The van der Waals surface area contributed by atoms with Crippen molar-refractivity contribution >= 4 is 5.69 Å². The standard InChI is InChI=1S/C18H30N2O/c1-18(2,11-6-14-21)15-19-16-9-12-20(13-10-16)17-7-4-3-5-8-17/h3-5,7-8,16,19,21H,6,9-15H2,1-2H3. The Morgan fingerprint density at radius 3 is 2.48 bits per heavy atom. The average Bonchev–Trinajstić information content (AvgIpc) is 2.53. The molecule has 21 heavy (non-hydrogen) atoms. The van der Waals surface area contributed by atoms with Crippen molar-refractivity contribution in [3.63, 3.8) is 0 Å². The van der Waals surface area contributed by atoms with E-state index in [-0.39, 0.29) is 5.41 Å². The summed E-state index contributed by atoms with van der Waals surface area (Å²) < 4.78 is 0. The highest BCUT2D eigenvalue weighted by Crippen LogP contribution is 2.23. The Balaban J connectivity index is 1.72. The summed E-state index contributed by atoms with van der Waals surface area (Å²) in [4.78, 5) is 2.48. The molecule has 1 saturated heterocycles. The largest absolute Gasteiger partial charge is 0.396 e. The first-order valence-electron chi connectivity index (χ1n) is 8.25. The fourth-order valence-electron chi connectivity index (χ4n) is 3.05. The highest BCUT2D eigenvalue weighted by molar-refractivity contribution is 5.46. The minimum Gasteiger partial charge on any atom is -0.396 e. The number of piperidine rings is 1. The van der Waals surface area contributed by atoms with Crippen molar-refractivity contribution in [2.45, 2.75) is 45.6 Å². The van der Waals surface area contributed by atoms with Crippen LogP contribution in [-0.2, 0) is 0 Å². The van der Waals surface area contributed by atoms with Crippen molar-refractivity contribution in [2.75, 3.05) is 31.1 Å². The second-order valence-electron chi connectivity index (χ2n) is 6.97. The first-order valence-corrected chi connectivity index (χ1v) is 8.25. The molecular formula is C18H30N2O. The number of hydrogen-bond acceptors (Lipinski definition) is 3. The topological polar surface area (TPSA) is 35.5 Å². The minimum absolute atomic E-state index is 0.277. The molecule has 2 N–H and O–H groups in total. The Morgan fingerprint density at radius 2 is 1.86 bits per heavy atom. The lowest BCUT2D eigenvalue weighted by Crippen LogP contribution is -2.45. The maximum Gasteiger partial charge on any atom is 0.0431 e. The van der Waals surface area contributed by atoms with Crippen LogP contribution in [0.5, 0.6) is 0 Å². The number of para-hydroxylation sites is 1. The fraction of sp³-hybridized carbons (Fsp3) is 0.667. The summed E-state index contributed by atoms with van der Waals surface area (Å²) in [6.45, 7) is 8.20. The quantitative estimate of drug-likeness (QED) is 0.810. The van der Waals surface area contributed by atoms with Gasteiger partial charge in [-0.15, -0.1) is 0 Å². The second-order valence-corrected chi connectivity index (χ2v) is 6.97. The van der Waals surface area contributed by atoms with Crippen LogP contribution in [-0.4, -0.2) is 37.4 Å². The number of hydrogen-bond donors (Lipinski definition) is 2. The molecule has 1 aromatic carbocycles. The van der Waals surface area contributed by atoms with Gasteiger partial charge in [0.05, 0.1) is 0 Å². The molecule has 0 radical (unpaired) electrons. The molecule has 1 fully saturated rings. The number of aliphatic hydroxyl groups is 1. The molecule has 0 amide bonds. The fourth-order valence-corrected chi connectivity index (χ4v) is 3.05. The van der Waals surface area contributed by atoms with E-state index >= 15 is 0 Å². The van der Waals surface area contributed by atoms with Gasteiger partial charge in [0.25, 0.3) is 0 Å². The molecule has 1 heterocycles. The lowest BCUT2D eigenvalue weighted by atomic mass is 9.87. The molecular weight excluding hydrogens is 260 g/mol. The van der Waals surface area contributed by atoms with E-state index in [1.807, 2.05) is 0 Å². The molecule has 0 aliphatic carbocycles. The summed E-state index contributed by atoms with van der Waals surface area (Å²) in [5.74, 6) is 0. The summed E-state index contributed by atoms with van der Waals surface area (Å²) in [5.41, 5.74) is 1.62. The predicted molar refractivity (Wildman–Crippen MR) is 89.8 cm³/mol. The summed E-state index contributed by atoms with van der Waals surface area (Å²) in [7, 11) is 0. The Kier molecular flexibility index (Phi) is 6.07. The van der Waals surface area contributed by atoms with Crippen molar-refractivity contribution < 1.29 is 5.11 Å². The number of benzene rings is 1. The van der Waals surface area contributed by atoms with Crippen LogP contribution in [0.2, 0.25) is 0 Å². The lowest BCUT2D eigenvalue weighted by Gasteiger charge is -2.36. The van der Waals surface area contributed by atoms with E-state index in [4.69, 9.17) is 5.11 Å². The molecule has 0 bridgehead atoms. The van der Waals surface area contributed by atoms with E-state index in [0.29, 0.717) is 12.6 Å². The van der Waals surface area contributed by atoms with Crippen molar-refractivity contribution in [1.29, 1.82) is 0 Å². The van der Waals surface area contributed by atoms with Gasteiger partial charge in [0, 0.05) is 38.0 Å². The van der Waals surface area contributed by atoms with E-state index in [9.17, 15) is 0 Å². The zero-order valence-corrected chi connectivity index (χ0v) is 13.5. The van der Waals surface area contributed by atoms with Gasteiger partial charge in [0.15, 0.2) is 0 Å². The van der Waals surface area contributed by atoms with E-state index in [0.717, 1.165) is 32.5 Å². The van der Waals surface area contributed by atoms with Crippen molar-refractivity contribution in [3.05, 3.63) is 30.3 Å². The molecule has 3 heteroatoms. The van der Waals surface area contributed by atoms with E-state index < -0.39 is 0 Å². The molecule has 1 aromatic rings. The third kappa shape index (κ3) is 5.33. The Hall–Kier alpha value is -1.06. The van der Waals surface area contributed by atoms with Crippen LogP contribution in [0.25, 0.3) is 0 Å².